The number of rotatable bonds is 10. The van der Waals surface area contributed by atoms with Gasteiger partial charge in [-0.1, -0.05) is 42.3 Å². The molecule has 0 bridgehead atoms. The molecule has 0 fully saturated rings. The van der Waals surface area contributed by atoms with Crippen LogP contribution in [0.3, 0.4) is 0 Å². The second-order valence-electron chi connectivity index (χ2n) is 8.16. The molecule has 2 amide bonds. The lowest BCUT2D eigenvalue weighted by Gasteiger charge is -2.33. The molecule has 0 aliphatic carbocycles. The van der Waals surface area contributed by atoms with Crippen LogP contribution in [0.4, 0.5) is 5.69 Å². The third-order valence-corrected chi connectivity index (χ3v) is 7.15. The number of sulfonamides is 1. The summed E-state index contributed by atoms with van der Waals surface area (Å²) < 4.78 is 26.4. The molecule has 186 valence electrons. The fourth-order valence-corrected chi connectivity index (χ4v) is 5.12. The number of nitrogens with zero attached hydrogens (tertiary/aromatic N) is 2. The minimum atomic E-state index is -3.80. The van der Waals surface area contributed by atoms with Crippen molar-refractivity contribution in [2.24, 2.45) is 0 Å². The van der Waals surface area contributed by atoms with Crippen molar-refractivity contribution in [1.29, 1.82) is 0 Å². The molecule has 0 aliphatic rings. The van der Waals surface area contributed by atoms with E-state index in [2.05, 4.69) is 5.32 Å². The lowest BCUT2D eigenvalue weighted by molar-refractivity contribution is -0.140. The summed E-state index contributed by atoms with van der Waals surface area (Å²) in [5.41, 5.74) is 2.60. The van der Waals surface area contributed by atoms with Gasteiger partial charge in [0, 0.05) is 28.7 Å². The molecule has 34 heavy (non-hydrogen) atoms. The van der Waals surface area contributed by atoms with Gasteiger partial charge in [-0.05, 0) is 62.6 Å². The summed E-state index contributed by atoms with van der Waals surface area (Å²) in [6.07, 6.45) is 1.37. The van der Waals surface area contributed by atoms with Crippen LogP contribution in [0, 0.1) is 13.8 Å². The van der Waals surface area contributed by atoms with Gasteiger partial charge in [-0.2, -0.15) is 0 Å². The highest BCUT2D eigenvalue weighted by Gasteiger charge is 2.32. The summed E-state index contributed by atoms with van der Waals surface area (Å²) in [6, 6.07) is 9.48. The van der Waals surface area contributed by atoms with E-state index in [4.69, 9.17) is 23.2 Å². The van der Waals surface area contributed by atoms with Gasteiger partial charge in [0.2, 0.25) is 21.8 Å². The van der Waals surface area contributed by atoms with E-state index < -0.39 is 28.5 Å². The van der Waals surface area contributed by atoms with Crippen molar-refractivity contribution in [2.75, 3.05) is 23.7 Å². The molecule has 1 atom stereocenters. The number of likely N-dealkylation sites (N-methyl/N-ethyl adjacent to an activating group) is 1. The number of nitrogens with one attached hydrogen (secondary N) is 1. The zero-order chi connectivity index (χ0) is 25.6. The third-order valence-electron chi connectivity index (χ3n) is 5.30. The Labute approximate surface area is 212 Å². The molecule has 0 aromatic heterocycles. The number of hydrogen-bond donors (Lipinski definition) is 1. The lowest BCUT2D eigenvalue weighted by atomic mass is 10.1. The van der Waals surface area contributed by atoms with E-state index in [1.807, 2.05) is 19.9 Å². The van der Waals surface area contributed by atoms with Gasteiger partial charge in [0.05, 0.1) is 11.9 Å². The first-order valence-electron chi connectivity index (χ1n) is 10.9. The van der Waals surface area contributed by atoms with Crippen LogP contribution in [0.1, 0.15) is 37.0 Å². The van der Waals surface area contributed by atoms with Gasteiger partial charge in [-0.15, -0.1) is 0 Å². The van der Waals surface area contributed by atoms with Crippen molar-refractivity contribution < 1.29 is 18.0 Å². The number of carbonyl (C=O) groups excluding carboxylic acids is 2. The number of hydrogen-bond acceptors (Lipinski definition) is 4. The summed E-state index contributed by atoms with van der Waals surface area (Å²) >= 11 is 12.7. The van der Waals surface area contributed by atoms with Crippen molar-refractivity contribution >= 4 is 50.7 Å². The van der Waals surface area contributed by atoms with E-state index in [9.17, 15) is 18.0 Å². The second kappa shape index (κ2) is 11.9. The smallest absolute Gasteiger partial charge is 0.244 e. The van der Waals surface area contributed by atoms with Gasteiger partial charge >= 0.3 is 0 Å². The Morgan fingerprint density at radius 2 is 1.59 bits per heavy atom. The van der Waals surface area contributed by atoms with E-state index in [0.29, 0.717) is 34.3 Å². The van der Waals surface area contributed by atoms with Gasteiger partial charge in [-0.3, -0.25) is 13.9 Å². The molecule has 1 N–H and O–H groups in total. The van der Waals surface area contributed by atoms with Crippen molar-refractivity contribution in [2.45, 2.75) is 46.7 Å². The predicted octanol–water partition coefficient (Wildman–Crippen LogP) is 4.32. The summed E-state index contributed by atoms with van der Waals surface area (Å²) in [5, 5.41) is 3.45. The number of carbonyl (C=O) groups is 2. The normalized spacial score (nSPS) is 12.2. The largest absolute Gasteiger partial charge is 0.355 e. The first-order valence-corrected chi connectivity index (χ1v) is 13.6. The quantitative estimate of drug-likeness (QED) is 0.498. The average Bonchev–Trinajstić information content (AvgIpc) is 2.72. The van der Waals surface area contributed by atoms with Crippen LogP contribution in [-0.4, -0.2) is 50.5 Å². The molecule has 0 unspecified atom stereocenters. The summed E-state index contributed by atoms with van der Waals surface area (Å²) in [5.74, 6) is -0.877. The maximum atomic E-state index is 13.6. The molecule has 10 heteroatoms. The minimum absolute atomic E-state index is 0.0442. The van der Waals surface area contributed by atoms with Crippen LogP contribution in [0.5, 0.6) is 0 Å². The Morgan fingerprint density at radius 1 is 1.03 bits per heavy atom. The van der Waals surface area contributed by atoms with E-state index >= 15 is 0 Å². The Bertz CT molecular complexity index is 1110. The topological polar surface area (TPSA) is 86.8 Å². The summed E-state index contributed by atoms with van der Waals surface area (Å²) in [6.45, 7) is 7.15. The van der Waals surface area contributed by atoms with Crippen molar-refractivity contribution in [1.82, 2.24) is 10.2 Å². The lowest BCUT2D eigenvalue weighted by Crippen LogP contribution is -2.52. The molecular weight excluding hydrogens is 497 g/mol. The van der Waals surface area contributed by atoms with Gasteiger partial charge in [0.25, 0.3) is 0 Å². The average molecular weight is 529 g/mol. The minimum Gasteiger partial charge on any atom is -0.355 e. The molecule has 2 aromatic carbocycles. The maximum absolute atomic E-state index is 13.6. The number of aryl methyl sites for hydroxylation is 2. The van der Waals surface area contributed by atoms with Crippen LogP contribution < -0.4 is 9.62 Å². The molecule has 0 radical (unpaired) electrons. The number of anilines is 1. The Hall–Kier alpha value is -2.29. The molecule has 0 saturated carbocycles. The molecule has 0 saturated heterocycles. The van der Waals surface area contributed by atoms with E-state index in [-0.39, 0.29) is 12.5 Å². The van der Waals surface area contributed by atoms with E-state index in [1.165, 1.54) is 4.90 Å². The third kappa shape index (κ3) is 7.10. The zero-order valence-corrected chi connectivity index (χ0v) is 22.4. The highest BCUT2D eigenvalue weighted by atomic mass is 35.5. The van der Waals surface area contributed by atoms with Crippen LogP contribution in [0.25, 0.3) is 0 Å². The van der Waals surface area contributed by atoms with Crippen molar-refractivity contribution in [3.63, 3.8) is 0 Å². The standard InChI is InChI=1S/C24H31Cl2N3O4S/c1-6-22(24(31)27-7-2)28(14-19-20(25)9-8-10-21(19)26)23(30)15-29(34(5,32)33)18-12-16(3)11-17(4)13-18/h8-13,22H,6-7,14-15H2,1-5H3,(H,27,31)/t22-/m1/s1. The second-order valence-corrected chi connectivity index (χ2v) is 10.9. The maximum Gasteiger partial charge on any atom is 0.244 e. The zero-order valence-electron chi connectivity index (χ0n) is 20.1. The Balaban J connectivity index is 2.52. The molecule has 7 nitrogen and oxygen atoms in total. The van der Waals surface area contributed by atoms with Crippen molar-refractivity contribution in [3.8, 4) is 0 Å². The van der Waals surface area contributed by atoms with Crippen LogP contribution in [0.15, 0.2) is 36.4 Å². The number of halogens is 2. The first kappa shape index (κ1) is 28.0. The highest BCUT2D eigenvalue weighted by molar-refractivity contribution is 7.92. The molecular formula is C24H31Cl2N3O4S. The van der Waals surface area contributed by atoms with Crippen LogP contribution in [0.2, 0.25) is 10.0 Å². The SMILES string of the molecule is CCNC(=O)[C@@H](CC)N(Cc1c(Cl)cccc1Cl)C(=O)CN(c1cc(C)cc(C)c1)S(C)(=O)=O. The Morgan fingerprint density at radius 3 is 2.06 bits per heavy atom. The van der Waals surface area contributed by atoms with Crippen LogP contribution in [-0.2, 0) is 26.2 Å². The first-order chi connectivity index (χ1) is 15.9. The molecule has 0 aliphatic heterocycles. The van der Waals surface area contributed by atoms with Gasteiger partial charge < -0.3 is 10.2 Å². The fourth-order valence-electron chi connectivity index (χ4n) is 3.77. The van der Waals surface area contributed by atoms with Gasteiger partial charge in [0.15, 0.2) is 0 Å². The van der Waals surface area contributed by atoms with E-state index in [0.717, 1.165) is 21.7 Å². The van der Waals surface area contributed by atoms with Gasteiger partial charge in [-0.25, -0.2) is 8.42 Å². The summed E-state index contributed by atoms with van der Waals surface area (Å²) in [4.78, 5) is 27.8. The van der Waals surface area contributed by atoms with Gasteiger partial charge in [0.1, 0.15) is 12.6 Å². The van der Waals surface area contributed by atoms with Crippen molar-refractivity contribution in [3.05, 3.63) is 63.1 Å². The molecule has 0 heterocycles. The van der Waals surface area contributed by atoms with Crippen LogP contribution >= 0.6 is 23.2 Å². The molecule has 2 aromatic rings. The number of amides is 2. The highest BCUT2D eigenvalue weighted by Crippen LogP contribution is 2.28. The predicted molar refractivity (Wildman–Crippen MR) is 138 cm³/mol. The van der Waals surface area contributed by atoms with E-state index in [1.54, 1.807) is 44.2 Å². The number of benzene rings is 2. The molecule has 0 spiro atoms. The Kier molecular flexibility index (Phi) is 9.79. The monoisotopic (exact) mass is 527 g/mol. The molecule has 2 rings (SSSR count). The fraction of sp³-hybridized carbons (Fsp3) is 0.417. The summed E-state index contributed by atoms with van der Waals surface area (Å²) in [7, 11) is -3.80.